The summed E-state index contributed by atoms with van der Waals surface area (Å²) in [6, 6.07) is 0.560. The van der Waals surface area contributed by atoms with Gasteiger partial charge in [0.1, 0.15) is 0 Å². The average Bonchev–Trinajstić information content (AvgIpc) is 2.39. The van der Waals surface area contributed by atoms with Crippen molar-refractivity contribution in [2.45, 2.75) is 78.4 Å². The van der Waals surface area contributed by atoms with E-state index in [4.69, 9.17) is 4.74 Å². The third-order valence-electron chi connectivity index (χ3n) is 4.16. The van der Waals surface area contributed by atoms with Crippen LogP contribution in [-0.2, 0) is 4.74 Å². The topological polar surface area (TPSA) is 21.3 Å². The van der Waals surface area contributed by atoms with Gasteiger partial charge >= 0.3 is 0 Å². The molecular formula is C16H33NO. The zero-order valence-corrected chi connectivity index (χ0v) is 12.9. The van der Waals surface area contributed by atoms with Crippen molar-refractivity contribution >= 4 is 0 Å². The highest BCUT2D eigenvalue weighted by Crippen LogP contribution is 2.30. The van der Waals surface area contributed by atoms with E-state index >= 15 is 0 Å². The number of nitrogens with one attached hydrogen (secondary N) is 1. The fraction of sp³-hybridized carbons (Fsp3) is 1.00. The largest absolute Gasteiger partial charge is 0.377 e. The van der Waals surface area contributed by atoms with Crippen LogP contribution in [0.4, 0.5) is 0 Å². The molecule has 1 N–H and O–H groups in total. The molecule has 0 radical (unpaired) electrons. The van der Waals surface area contributed by atoms with Crippen LogP contribution < -0.4 is 5.32 Å². The molecule has 1 aliphatic carbocycles. The van der Waals surface area contributed by atoms with Gasteiger partial charge in [0.05, 0.1) is 6.10 Å². The van der Waals surface area contributed by atoms with Gasteiger partial charge < -0.3 is 10.1 Å². The molecule has 0 aliphatic heterocycles. The molecule has 2 atom stereocenters. The first-order chi connectivity index (χ1) is 8.70. The van der Waals surface area contributed by atoms with Crippen LogP contribution in [0.2, 0.25) is 0 Å². The van der Waals surface area contributed by atoms with Crippen molar-refractivity contribution in [1.82, 2.24) is 5.32 Å². The highest BCUT2D eigenvalue weighted by Gasteiger charge is 2.32. The van der Waals surface area contributed by atoms with E-state index in [9.17, 15) is 0 Å². The van der Waals surface area contributed by atoms with Crippen molar-refractivity contribution in [3.8, 4) is 0 Å². The van der Waals surface area contributed by atoms with Crippen molar-refractivity contribution in [3.63, 3.8) is 0 Å². The first-order valence-corrected chi connectivity index (χ1v) is 8.05. The highest BCUT2D eigenvalue weighted by molar-refractivity contribution is 4.87. The van der Waals surface area contributed by atoms with Crippen LogP contribution in [-0.4, -0.2) is 25.3 Å². The van der Waals surface area contributed by atoms with Crippen LogP contribution in [0.15, 0.2) is 0 Å². The third kappa shape index (κ3) is 4.89. The van der Waals surface area contributed by atoms with Crippen LogP contribution in [0, 0.1) is 11.8 Å². The lowest BCUT2D eigenvalue weighted by atomic mass is 9.79. The molecule has 0 aromatic carbocycles. The summed E-state index contributed by atoms with van der Waals surface area (Å²) in [5, 5.41) is 3.78. The predicted octanol–water partition coefficient (Wildman–Crippen LogP) is 4.00. The summed E-state index contributed by atoms with van der Waals surface area (Å²) in [5.74, 6) is 1.42. The fourth-order valence-electron chi connectivity index (χ4n) is 3.26. The van der Waals surface area contributed by atoms with Crippen LogP contribution in [0.25, 0.3) is 0 Å². The molecule has 0 bridgehead atoms. The Labute approximate surface area is 114 Å². The maximum absolute atomic E-state index is 6.05. The van der Waals surface area contributed by atoms with Crippen LogP contribution in [0.3, 0.4) is 0 Å². The van der Waals surface area contributed by atoms with E-state index in [0.29, 0.717) is 18.1 Å². The summed E-state index contributed by atoms with van der Waals surface area (Å²) in [5.41, 5.74) is 0. The van der Waals surface area contributed by atoms with Gasteiger partial charge in [-0.15, -0.1) is 0 Å². The van der Waals surface area contributed by atoms with Crippen LogP contribution in [0.5, 0.6) is 0 Å². The lowest BCUT2D eigenvalue weighted by Gasteiger charge is -2.38. The zero-order chi connectivity index (χ0) is 13.4. The third-order valence-corrected chi connectivity index (χ3v) is 4.16. The molecule has 1 fully saturated rings. The van der Waals surface area contributed by atoms with Crippen molar-refractivity contribution in [2.75, 3.05) is 13.2 Å². The Bertz CT molecular complexity index is 199. The molecule has 1 saturated carbocycles. The predicted molar refractivity (Wildman–Crippen MR) is 78.9 cm³/mol. The Morgan fingerprint density at radius 3 is 2.28 bits per heavy atom. The molecule has 0 aromatic rings. The van der Waals surface area contributed by atoms with Crippen molar-refractivity contribution in [3.05, 3.63) is 0 Å². The van der Waals surface area contributed by atoms with E-state index in [1.807, 2.05) is 0 Å². The Kier molecular flexibility index (Phi) is 7.92. The lowest BCUT2D eigenvalue weighted by molar-refractivity contribution is -0.0167. The Hall–Kier alpha value is -0.0800. The molecule has 0 saturated heterocycles. The molecule has 108 valence electrons. The zero-order valence-electron chi connectivity index (χ0n) is 12.9. The molecule has 2 unspecified atom stereocenters. The van der Waals surface area contributed by atoms with Gasteiger partial charge in [-0.3, -0.25) is 0 Å². The molecule has 0 heterocycles. The van der Waals surface area contributed by atoms with Crippen LogP contribution in [0.1, 0.15) is 66.2 Å². The lowest BCUT2D eigenvalue weighted by Crippen LogP contribution is -2.49. The van der Waals surface area contributed by atoms with E-state index in [2.05, 4.69) is 33.0 Å². The summed E-state index contributed by atoms with van der Waals surface area (Å²) < 4.78 is 6.05. The number of rotatable bonds is 8. The molecule has 2 heteroatoms. The Morgan fingerprint density at radius 2 is 1.78 bits per heavy atom. The van der Waals surface area contributed by atoms with E-state index in [0.717, 1.165) is 19.1 Å². The van der Waals surface area contributed by atoms with Gasteiger partial charge in [-0.05, 0) is 44.6 Å². The fourth-order valence-corrected chi connectivity index (χ4v) is 3.26. The first kappa shape index (κ1) is 16.0. The summed E-state index contributed by atoms with van der Waals surface area (Å²) in [6.45, 7) is 10.9. The maximum atomic E-state index is 6.05. The SMILES string of the molecule is CCCNC(C1CCCCC1)C(OCC)C(C)C. The smallest absolute Gasteiger partial charge is 0.0753 e. The molecule has 2 nitrogen and oxygen atoms in total. The minimum absolute atomic E-state index is 0.379. The van der Waals surface area contributed by atoms with E-state index in [1.54, 1.807) is 0 Å². The highest BCUT2D eigenvalue weighted by atomic mass is 16.5. The van der Waals surface area contributed by atoms with E-state index in [-0.39, 0.29) is 0 Å². The second-order valence-electron chi connectivity index (χ2n) is 6.04. The van der Waals surface area contributed by atoms with E-state index in [1.165, 1.54) is 38.5 Å². The monoisotopic (exact) mass is 255 g/mol. The number of hydrogen-bond donors (Lipinski definition) is 1. The quantitative estimate of drug-likeness (QED) is 0.708. The minimum Gasteiger partial charge on any atom is -0.377 e. The number of ether oxygens (including phenoxy) is 1. The van der Waals surface area contributed by atoms with Crippen molar-refractivity contribution < 1.29 is 4.74 Å². The van der Waals surface area contributed by atoms with Gasteiger partial charge in [0, 0.05) is 12.6 Å². The summed E-state index contributed by atoms with van der Waals surface area (Å²) in [6.07, 6.45) is 8.61. The second kappa shape index (κ2) is 8.92. The Balaban J connectivity index is 2.66. The molecule has 0 aromatic heterocycles. The van der Waals surface area contributed by atoms with Gasteiger partial charge in [-0.25, -0.2) is 0 Å². The van der Waals surface area contributed by atoms with Crippen molar-refractivity contribution in [2.24, 2.45) is 11.8 Å². The molecule has 1 aliphatic rings. The van der Waals surface area contributed by atoms with Gasteiger partial charge in [0.25, 0.3) is 0 Å². The van der Waals surface area contributed by atoms with Crippen LogP contribution >= 0.6 is 0 Å². The minimum atomic E-state index is 0.379. The normalized spacial score (nSPS) is 21.2. The average molecular weight is 255 g/mol. The van der Waals surface area contributed by atoms with Crippen molar-refractivity contribution in [1.29, 1.82) is 0 Å². The molecular weight excluding hydrogens is 222 g/mol. The summed E-state index contributed by atoms with van der Waals surface area (Å²) in [7, 11) is 0. The van der Waals surface area contributed by atoms with Gasteiger partial charge in [0.2, 0.25) is 0 Å². The second-order valence-corrected chi connectivity index (χ2v) is 6.04. The van der Waals surface area contributed by atoms with Gasteiger partial charge in [-0.1, -0.05) is 40.0 Å². The molecule has 18 heavy (non-hydrogen) atoms. The Morgan fingerprint density at radius 1 is 1.11 bits per heavy atom. The molecule has 1 rings (SSSR count). The van der Waals surface area contributed by atoms with Gasteiger partial charge in [0.15, 0.2) is 0 Å². The van der Waals surface area contributed by atoms with E-state index < -0.39 is 0 Å². The molecule has 0 spiro atoms. The first-order valence-electron chi connectivity index (χ1n) is 8.05. The molecule has 0 amide bonds. The number of hydrogen-bond acceptors (Lipinski definition) is 2. The standard InChI is InChI=1S/C16H33NO/c1-5-12-17-15(14-10-8-7-9-11-14)16(13(3)4)18-6-2/h13-17H,5-12H2,1-4H3. The maximum Gasteiger partial charge on any atom is 0.0753 e. The summed E-state index contributed by atoms with van der Waals surface area (Å²) in [4.78, 5) is 0. The van der Waals surface area contributed by atoms with Gasteiger partial charge in [-0.2, -0.15) is 0 Å². The summed E-state index contributed by atoms with van der Waals surface area (Å²) >= 11 is 0.